The third-order valence-electron chi connectivity index (χ3n) is 5.18. The van der Waals surface area contributed by atoms with Gasteiger partial charge in [0.05, 0.1) is 9.79 Å². The smallest absolute Gasteiger partial charge is 0.240 e. The maximum absolute atomic E-state index is 12.6. The average Bonchev–Trinajstić information content (AvgIpc) is 2.68. The molecule has 0 aromatic heterocycles. The fourth-order valence-corrected chi connectivity index (χ4v) is 5.09. The van der Waals surface area contributed by atoms with Crippen LogP contribution in [0, 0.1) is 5.92 Å². The van der Waals surface area contributed by atoms with Gasteiger partial charge in [-0.25, -0.2) is 26.7 Å². The van der Waals surface area contributed by atoms with E-state index >= 15 is 0 Å². The lowest BCUT2D eigenvalue weighted by atomic mass is 9.98. The van der Waals surface area contributed by atoms with E-state index in [1.54, 1.807) is 0 Å². The lowest BCUT2D eigenvalue weighted by molar-refractivity contribution is 0.185. The molecule has 0 atom stereocenters. The van der Waals surface area contributed by atoms with E-state index in [1.165, 1.54) is 31.0 Å². The standard InChI is InChI=1S/C20H27N3O4S2/c1-16-8-10-23(11-9-16)15-18-5-2-4-17(12-18)14-22-29(26,27)20-7-3-6-19(13-20)28(21,24)25/h2-7,12-13,16,22H,8-11,14-15H2,1H3,(H2,21,24,25). The van der Waals surface area contributed by atoms with Crippen molar-refractivity contribution in [3.05, 3.63) is 59.7 Å². The van der Waals surface area contributed by atoms with E-state index in [0.29, 0.717) is 0 Å². The van der Waals surface area contributed by atoms with Gasteiger partial charge in [-0.3, -0.25) is 4.90 Å². The fourth-order valence-electron chi connectivity index (χ4n) is 3.40. The first-order valence-corrected chi connectivity index (χ1v) is 12.6. The summed E-state index contributed by atoms with van der Waals surface area (Å²) < 4.78 is 50.6. The molecule has 2 aromatic rings. The molecule has 1 aliphatic rings. The van der Waals surface area contributed by atoms with Crippen LogP contribution in [0.25, 0.3) is 0 Å². The number of benzene rings is 2. The van der Waals surface area contributed by atoms with Crippen LogP contribution in [0.5, 0.6) is 0 Å². The molecule has 9 heteroatoms. The molecule has 1 aliphatic heterocycles. The van der Waals surface area contributed by atoms with Gasteiger partial charge < -0.3 is 0 Å². The van der Waals surface area contributed by atoms with Gasteiger partial charge in [-0.2, -0.15) is 0 Å². The Labute approximate surface area is 173 Å². The Balaban J connectivity index is 1.66. The van der Waals surface area contributed by atoms with E-state index < -0.39 is 20.0 Å². The van der Waals surface area contributed by atoms with Crippen molar-refractivity contribution in [2.75, 3.05) is 13.1 Å². The Hall–Kier alpha value is -1.78. The van der Waals surface area contributed by atoms with Crippen molar-refractivity contribution in [3.63, 3.8) is 0 Å². The van der Waals surface area contributed by atoms with Gasteiger partial charge >= 0.3 is 0 Å². The molecule has 0 spiro atoms. The van der Waals surface area contributed by atoms with Crippen LogP contribution in [0.2, 0.25) is 0 Å². The van der Waals surface area contributed by atoms with Crippen molar-refractivity contribution in [2.24, 2.45) is 11.1 Å². The van der Waals surface area contributed by atoms with Gasteiger partial charge in [0.1, 0.15) is 0 Å². The highest BCUT2D eigenvalue weighted by atomic mass is 32.2. The number of piperidine rings is 1. The predicted molar refractivity (Wildman–Crippen MR) is 112 cm³/mol. The number of nitrogens with two attached hydrogens (primary N) is 1. The Morgan fingerprint density at radius 1 is 0.966 bits per heavy atom. The van der Waals surface area contributed by atoms with Crippen LogP contribution in [-0.4, -0.2) is 34.8 Å². The molecule has 1 fully saturated rings. The number of nitrogens with one attached hydrogen (secondary N) is 1. The van der Waals surface area contributed by atoms with Crippen LogP contribution in [0.4, 0.5) is 0 Å². The lowest BCUT2D eigenvalue weighted by Gasteiger charge is -2.30. The minimum Gasteiger partial charge on any atom is -0.299 e. The molecular formula is C20H27N3O4S2. The predicted octanol–water partition coefficient (Wildman–Crippen LogP) is 2.04. The second-order valence-electron chi connectivity index (χ2n) is 7.62. The molecule has 3 rings (SSSR count). The van der Waals surface area contributed by atoms with Crippen LogP contribution in [0.3, 0.4) is 0 Å². The number of hydrogen-bond donors (Lipinski definition) is 2. The molecule has 0 aliphatic carbocycles. The van der Waals surface area contributed by atoms with Crippen LogP contribution in [0.1, 0.15) is 30.9 Å². The summed E-state index contributed by atoms with van der Waals surface area (Å²) >= 11 is 0. The molecule has 2 aromatic carbocycles. The highest BCUT2D eigenvalue weighted by Crippen LogP contribution is 2.19. The summed E-state index contributed by atoms with van der Waals surface area (Å²) in [6.45, 7) is 5.41. The molecule has 0 bridgehead atoms. The van der Waals surface area contributed by atoms with Crippen LogP contribution < -0.4 is 9.86 Å². The van der Waals surface area contributed by atoms with Crippen molar-refractivity contribution in [3.8, 4) is 0 Å². The second kappa shape index (κ2) is 8.93. The van der Waals surface area contributed by atoms with Gasteiger partial charge in [0.2, 0.25) is 20.0 Å². The fraction of sp³-hybridized carbons (Fsp3) is 0.400. The first-order valence-electron chi connectivity index (χ1n) is 9.56. The van der Waals surface area contributed by atoms with Crippen molar-refractivity contribution < 1.29 is 16.8 Å². The van der Waals surface area contributed by atoms with E-state index in [2.05, 4.69) is 16.5 Å². The van der Waals surface area contributed by atoms with Crippen LogP contribution in [-0.2, 0) is 33.1 Å². The molecule has 3 N–H and O–H groups in total. The van der Waals surface area contributed by atoms with E-state index in [9.17, 15) is 16.8 Å². The average molecular weight is 438 g/mol. The first-order chi connectivity index (χ1) is 13.6. The first kappa shape index (κ1) is 21.9. The third-order valence-corrected chi connectivity index (χ3v) is 7.49. The zero-order chi connectivity index (χ0) is 21.1. The maximum atomic E-state index is 12.6. The van der Waals surface area contributed by atoms with Crippen molar-refractivity contribution in [1.82, 2.24) is 9.62 Å². The van der Waals surface area contributed by atoms with E-state index in [4.69, 9.17) is 5.14 Å². The molecule has 158 valence electrons. The van der Waals surface area contributed by atoms with Crippen molar-refractivity contribution in [1.29, 1.82) is 0 Å². The molecule has 0 amide bonds. The summed E-state index contributed by atoms with van der Waals surface area (Å²) in [7, 11) is -7.84. The molecular weight excluding hydrogens is 410 g/mol. The highest BCUT2D eigenvalue weighted by Gasteiger charge is 2.18. The zero-order valence-electron chi connectivity index (χ0n) is 16.4. The molecule has 29 heavy (non-hydrogen) atoms. The van der Waals surface area contributed by atoms with E-state index in [1.807, 2.05) is 24.3 Å². The van der Waals surface area contributed by atoms with Crippen molar-refractivity contribution >= 4 is 20.0 Å². The monoisotopic (exact) mass is 437 g/mol. The van der Waals surface area contributed by atoms with Gasteiger partial charge in [0.25, 0.3) is 0 Å². The SMILES string of the molecule is CC1CCN(Cc2cccc(CNS(=O)(=O)c3cccc(S(N)(=O)=O)c3)c2)CC1. The summed E-state index contributed by atoms with van der Waals surface area (Å²) in [5.74, 6) is 0.778. The van der Waals surface area contributed by atoms with Gasteiger partial charge in [-0.1, -0.05) is 37.3 Å². The van der Waals surface area contributed by atoms with Gasteiger partial charge in [-0.05, 0) is 61.2 Å². The molecule has 0 radical (unpaired) electrons. The highest BCUT2D eigenvalue weighted by molar-refractivity contribution is 7.90. The normalized spacial score (nSPS) is 16.8. The molecule has 1 saturated heterocycles. The van der Waals surface area contributed by atoms with Crippen molar-refractivity contribution in [2.45, 2.75) is 42.6 Å². The van der Waals surface area contributed by atoms with E-state index in [-0.39, 0.29) is 16.3 Å². The molecule has 0 unspecified atom stereocenters. The topological polar surface area (TPSA) is 110 Å². The Bertz CT molecular complexity index is 1060. The number of hydrogen-bond acceptors (Lipinski definition) is 5. The minimum atomic E-state index is -3.97. The molecule has 7 nitrogen and oxygen atoms in total. The number of likely N-dealkylation sites (tertiary alicyclic amines) is 1. The van der Waals surface area contributed by atoms with Gasteiger partial charge in [0.15, 0.2) is 0 Å². The number of primary sulfonamides is 1. The summed E-state index contributed by atoms with van der Waals surface area (Å²) in [5.41, 5.74) is 1.99. The van der Waals surface area contributed by atoms with E-state index in [0.717, 1.165) is 42.7 Å². The number of rotatable bonds is 7. The Kier molecular flexibility index (Phi) is 6.75. The summed E-state index contributed by atoms with van der Waals surface area (Å²) in [4.78, 5) is 2.04. The minimum absolute atomic E-state index is 0.118. The van der Waals surface area contributed by atoms with Crippen LogP contribution in [0.15, 0.2) is 58.3 Å². The zero-order valence-corrected chi connectivity index (χ0v) is 18.0. The summed E-state index contributed by atoms with van der Waals surface area (Å²) in [6, 6.07) is 12.9. The number of nitrogens with zero attached hydrogens (tertiary/aromatic N) is 1. The lowest BCUT2D eigenvalue weighted by Crippen LogP contribution is -2.32. The number of sulfonamides is 2. The maximum Gasteiger partial charge on any atom is 0.240 e. The summed E-state index contributed by atoms with van der Waals surface area (Å²) in [5, 5.41) is 5.09. The Morgan fingerprint density at radius 3 is 2.28 bits per heavy atom. The summed E-state index contributed by atoms with van der Waals surface area (Å²) in [6.07, 6.45) is 2.41. The largest absolute Gasteiger partial charge is 0.299 e. The molecule has 0 saturated carbocycles. The Morgan fingerprint density at radius 2 is 1.59 bits per heavy atom. The van der Waals surface area contributed by atoms with Crippen LogP contribution >= 0.6 is 0 Å². The second-order valence-corrected chi connectivity index (χ2v) is 11.0. The third kappa shape index (κ3) is 6.10. The van der Waals surface area contributed by atoms with Gasteiger partial charge in [0, 0.05) is 13.1 Å². The molecule has 1 heterocycles. The quantitative estimate of drug-likeness (QED) is 0.689. The van der Waals surface area contributed by atoms with Gasteiger partial charge in [-0.15, -0.1) is 0 Å².